The molecule has 2 aromatic carbocycles. The van der Waals surface area contributed by atoms with Crippen molar-refractivity contribution in [3.8, 4) is 0 Å². The van der Waals surface area contributed by atoms with E-state index in [9.17, 15) is 19.5 Å². The number of aliphatic hydroxyl groups excluding tert-OH is 1. The van der Waals surface area contributed by atoms with Crippen LogP contribution in [0.5, 0.6) is 0 Å². The molecule has 2 heterocycles. The zero-order chi connectivity index (χ0) is 22.0. The molecule has 158 valence electrons. The third-order valence-corrected chi connectivity index (χ3v) is 5.46. The molecule has 1 saturated heterocycles. The molecule has 8 heteroatoms. The number of amides is 2. The topological polar surface area (TPSA) is 104 Å². The SMILES string of the molecule is Cn1ccnc1C(=O)c1ccc(NC(=O)C(=O)N2CC2(CO)Cc2ccccc2)cc1. The van der Waals surface area contributed by atoms with Crippen LogP contribution in [-0.2, 0) is 23.1 Å². The van der Waals surface area contributed by atoms with E-state index in [1.54, 1.807) is 48.3 Å². The van der Waals surface area contributed by atoms with Crippen LogP contribution in [0.4, 0.5) is 5.69 Å². The van der Waals surface area contributed by atoms with Crippen LogP contribution in [0.3, 0.4) is 0 Å². The van der Waals surface area contributed by atoms with E-state index in [1.165, 1.54) is 4.90 Å². The number of benzene rings is 2. The molecule has 8 nitrogen and oxygen atoms in total. The molecule has 1 unspecified atom stereocenters. The fraction of sp³-hybridized carbons (Fsp3) is 0.217. The largest absolute Gasteiger partial charge is 0.394 e. The Morgan fingerprint density at radius 3 is 2.42 bits per heavy atom. The average molecular weight is 418 g/mol. The molecule has 0 bridgehead atoms. The van der Waals surface area contributed by atoms with Crippen molar-refractivity contribution in [3.63, 3.8) is 0 Å². The van der Waals surface area contributed by atoms with Crippen LogP contribution < -0.4 is 5.32 Å². The van der Waals surface area contributed by atoms with Crippen LogP contribution in [-0.4, -0.2) is 55.8 Å². The van der Waals surface area contributed by atoms with E-state index < -0.39 is 17.4 Å². The van der Waals surface area contributed by atoms with Crippen LogP contribution in [0, 0.1) is 0 Å². The van der Waals surface area contributed by atoms with Crippen LogP contribution >= 0.6 is 0 Å². The first-order valence-electron chi connectivity index (χ1n) is 9.83. The summed E-state index contributed by atoms with van der Waals surface area (Å²) in [6.07, 6.45) is 3.71. The minimum atomic E-state index is -0.786. The Hall–Kier alpha value is -3.78. The Morgan fingerprint density at radius 1 is 1.10 bits per heavy atom. The Labute approximate surface area is 179 Å². The minimum Gasteiger partial charge on any atom is -0.394 e. The van der Waals surface area contributed by atoms with Crippen molar-refractivity contribution in [1.82, 2.24) is 14.5 Å². The van der Waals surface area contributed by atoms with Crippen molar-refractivity contribution >= 4 is 23.3 Å². The van der Waals surface area contributed by atoms with Crippen molar-refractivity contribution in [1.29, 1.82) is 0 Å². The third kappa shape index (κ3) is 4.10. The molecule has 1 fully saturated rings. The monoisotopic (exact) mass is 418 g/mol. The molecule has 1 aliphatic rings. The highest BCUT2D eigenvalue weighted by atomic mass is 16.3. The van der Waals surface area contributed by atoms with Gasteiger partial charge in [0.2, 0.25) is 5.78 Å². The lowest BCUT2D eigenvalue weighted by molar-refractivity contribution is -0.140. The molecule has 0 saturated carbocycles. The quantitative estimate of drug-likeness (QED) is 0.358. The number of aromatic nitrogens is 2. The van der Waals surface area contributed by atoms with Gasteiger partial charge < -0.3 is 19.9 Å². The summed E-state index contributed by atoms with van der Waals surface area (Å²) in [5, 5.41) is 12.4. The molecule has 1 aromatic heterocycles. The molecular weight excluding hydrogens is 396 g/mol. The van der Waals surface area contributed by atoms with Gasteiger partial charge in [-0.2, -0.15) is 0 Å². The summed E-state index contributed by atoms with van der Waals surface area (Å²) in [6.45, 7) is 0.104. The Bertz CT molecular complexity index is 1120. The van der Waals surface area contributed by atoms with E-state index in [0.717, 1.165) is 5.56 Å². The first-order valence-corrected chi connectivity index (χ1v) is 9.83. The van der Waals surface area contributed by atoms with Crippen LogP contribution in [0.1, 0.15) is 21.7 Å². The highest BCUT2D eigenvalue weighted by Crippen LogP contribution is 2.35. The summed E-state index contributed by atoms with van der Waals surface area (Å²) in [5.41, 5.74) is 1.06. The molecule has 3 aromatic rings. The first-order chi connectivity index (χ1) is 14.9. The third-order valence-electron chi connectivity index (χ3n) is 5.46. The van der Waals surface area contributed by atoms with Gasteiger partial charge in [0.25, 0.3) is 0 Å². The zero-order valence-electron chi connectivity index (χ0n) is 17.0. The Kier molecular flexibility index (Phi) is 5.39. The van der Waals surface area contributed by atoms with Gasteiger partial charge in [-0.1, -0.05) is 30.3 Å². The van der Waals surface area contributed by atoms with Gasteiger partial charge in [-0.25, -0.2) is 4.98 Å². The average Bonchev–Trinajstić information content (AvgIpc) is 3.34. The minimum absolute atomic E-state index is 0.217. The number of nitrogens with one attached hydrogen (secondary N) is 1. The maximum absolute atomic E-state index is 12.6. The molecule has 2 N–H and O–H groups in total. The van der Waals surface area contributed by atoms with Crippen molar-refractivity contribution in [2.24, 2.45) is 7.05 Å². The number of carbonyl (C=O) groups excluding carboxylic acids is 3. The number of anilines is 1. The molecule has 4 rings (SSSR count). The van der Waals surface area contributed by atoms with Gasteiger partial charge in [-0.05, 0) is 36.2 Å². The number of carbonyl (C=O) groups is 3. The molecular formula is C23H22N4O4. The summed E-state index contributed by atoms with van der Waals surface area (Å²) in [5.74, 6) is -1.41. The first kappa shape index (κ1) is 20.5. The fourth-order valence-corrected chi connectivity index (χ4v) is 3.59. The Balaban J connectivity index is 1.39. The molecule has 0 aliphatic carbocycles. The molecule has 1 atom stereocenters. The van der Waals surface area contributed by atoms with Crippen molar-refractivity contribution in [3.05, 3.63) is 83.9 Å². The maximum atomic E-state index is 12.6. The molecule has 2 amide bonds. The lowest BCUT2D eigenvalue weighted by Crippen LogP contribution is -2.36. The second-order valence-corrected chi connectivity index (χ2v) is 7.66. The Morgan fingerprint density at radius 2 is 1.81 bits per heavy atom. The summed E-state index contributed by atoms with van der Waals surface area (Å²) in [7, 11) is 1.73. The number of imidazole rings is 1. The van der Waals surface area contributed by atoms with Gasteiger partial charge in [-0.3, -0.25) is 14.4 Å². The molecule has 0 spiro atoms. The lowest BCUT2D eigenvalue weighted by atomic mass is 10.00. The van der Waals surface area contributed by atoms with Gasteiger partial charge in [0.15, 0.2) is 5.82 Å². The van der Waals surface area contributed by atoms with Gasteiger partial charge in [0.1, 0.15) is 0 Å². The van der Waals surface area contributed by atoms with Crippen LogP contribution in [0.25, 0.3) is 0 Å². The van der Waals surface area contributed by atoms with Gasteiger partial charge in [-0.15, -0.1) is 0 Å². The zero-order valence-corrected chi connectivity index (χ0v) is 17.0. The highest BCUT2D eigenvalue weighted by Gasteiger charge is 2.55. The van der Waals surface area contributed by atoms with Gasteiger partial charge in [0.05, 0.1) is 12.1 Å². The van der Waals surface area contributed by atoms with E-state index in [-0.39, 0.29) is 12.4 Å². The lowest BCUT2D eigenvalue weighted by Gasteiger charge is -2.15. The van der Waals surface area contributed by atoms with Crippen LogP contribution in [0.2, 0.25) is 0 Å². The second kappa shape index (κ2) is 8.16. The predicted octanol–water partition coefficient (Wildman–Crippen LogP) is 1.41. The van der Waals surface area contributed by atoms with E-state index in [2.05, 4.69) is 10.3 Å². The summed E-state index contributed by atoms with van der Waals surface area (Å²) >= 11 is 0. The fourth-order valence-electron chi connectivity index (χ4n) is 3.59. The predicted molar refractivity (Wildman–Crippen MR) is 113 cm³/mol. The van der Waals surface area contributed by atoms with Crippen molar-refractivity contribution in [2.75, 3.05) is 18.5 Å². The molecule has 1 aliphatic heterocycles. The van der Waals surface area contributed by atoms with Crippen molar-refractivity contribution < 1.29 is 19.5 Å². The number of hydrogen-bond donors (Lipinski definition) is 2. The molecule has 0 radical (unpaired) electrons. The van der Waals surface area contributed by atoms with Crippen LogP contribution in [0.15, 0.2) is 67.0 Å². The van der Waals surface area contributed by atoms with E-state index in [1.807, 2.05) is 30.3 Å². The summed E-state index contributed by atoms with van der Waals surface area (Å²) in [4.78, 5) is 42.9. The summed E-state index contributed by atoms with van der Waals surface area (Å²) in [6, 6.07) is 15.8. The van der Waals surface area contributed by atoms with E-state index in [4.69, 9.17) is 0 Å². The van der Waals surface area contributed by atoms with Gasteiger partial charge in [0, 0.05) is 37.2 Å². The van der Waals surface area contributed by atoms with Crippen molar-refractivity contribution in [2.45, 2.75) is 12.0 Å². The number of ketones is 1. The number of rotatable bonds is 6. The van der Waals surface area contributed by atoms with E-state index >= 15 is 0 Å². The molecule has 31 heavy (non-hydrogen) atoms. The smallest absolute Gasteiger partial charge is 0.313 e. The highest BCUT2D eigenvalue weighted by molar-refractivity contribution is 6.40. The number of aryl methyl sites for hydroxylation is 1. The maximum Gasteiger partial charge on any atom is 0.313 e. The number of hydrogen-bond acceptors (Lipinski definition) is 5. The number of nitrogens with zero attached hydrogens (tertiary/aromatic N) is 3. The summed E-state index contributed by atoms with van der Waals surface area (Å²) < 4.78 is 1.63. The number of aliphatic hydroxyl groups is 1. The standard InChI is InChI=1S/C23H22N4O4/c1-26-12-11-24-20(26)19(29)17-7-9-18(10-8-17)25-21(30)22(31)27-14-23(27,15-28)13-16-5-3-2-4-6-16/h2-12,28H,13-15H2,1H3,(H,25,30). The second-order valence-electron chi connectivity index (χ2n) is 7.66. The normalized spacial score (nSPS) is 17.3. The van der Waals surface area contributed by atoms with E-state index in [0.29, 0.717) is 30.0 Å². The van der Waals surface area contributed by atoms with Gasteiger partial charge >= 0.3 is 11.8 Å².